The summed E-state index contributed by atoms with van der Waals surface area (Å²) in [6.07, 6.45) is 0.838. The Balaban J connectivity index is 2.24. The number of nitrogens with one attached hydrogen (secondary N) is 1. The monoisotopic (exact) mass is 321 g/mol. The van der Waals surface area contributed by atoms with Gasteiger partial charge in [0, 0.05) is 15.7 Å². The fourth-order valence-electron chi connectivity index (χ4n) is 1.96. The normalized spacial score (nSPS) is 12.1. The summed E-state index contributed by atoms with van der Waals surface area (Å²) in [5, 5.41) is 22.6. The quantitative estimate of drug-likeness (QED) is 0.730. The first-order chi connectivity index (χ1) is 9.10. The van der Waals surface area contributed by atoms with Crippen LogP contribution < -0.4 is 5.32 Å². The van der Waals surface area contributed by atoms with Crippen LogP contribution in [0.2, 0.25) is 0 Å². The van der Waals surface area contributed by atoms with Crippen LogP contribution in [-0.2, 0) is 0 Å². The highest BCUT2D eigenvalue weighted by molar-refractivity contribution is 9.10. The van der Waals surface area contributed by atoms with Gasteiger partial charge in [-0.25, -0.2) is 0 Å². The van der Waals surface area contributed by atoms with E-state index in [1.807, 2.05) is 24.3 Å². The second-order valence-corrected chi connectivity index (χ2v) is 5.27. The van der Waals surface area contributed by atoms with Crippen LogP contribution in [0.3, 0.4) is 0 Å². The van der Waals surface area contributed by atoms with Gasteiger partial charge in [-0.2, -0.15) is 0 Å². The molecule has 2 aromatic rings. The number of anilines is 1. The summed E-state index contributed by atoms with van der Waals surface area (Å²) in [5.41, 5.74) is 1.76. The van der Waals surface area contributed by atoms with Gasteiger partial charge in [-0.05, 0) is 48.9 Å². The molecule has 3 N–H and O–H groups in total. The Morgan fingerprint density at radius 3 is 2.42 bits per heavy atom. The van der Waals surface area contributed by atoms with Gasteiger partial charge in [-0.1, -0.05) is 22.9 Å². The van der Waals surface area contributed by atoms with Gasteiger partial charge in [-0.3, -0.25) is 0 Å². The lowest BCUT2D eigenvalue weighted by Crippen LogP contribution is -2.09. The second-order valence-electron chi connectivity index (χ2n) is 4.36. The highest BCUT2D eigenvalue weighted by Gasteiger charge is 2.13. The predicted octanol–water partition coefficient (Wildman–Crippen LogP) is 4.42. The third-order valence-electron chi connectivity index (χ3n) is 2.98. The minimum Gasteiger partial charge on any atom is -0.508 e. The van der Waals surface area contributed by atoms with Gasteiger partial charge in [0.15, 0.2) is 0 Å². The third-order valence-corrected chi connectivity index (χ3v) is 3.47. The number of rotatable bonds is 4. The van der Waals surface area contributed by atoms with Crippen molar-refractivity contribution in [1.29, 1.82) is 0 Å². The van der Waals surface area contributed by atoms with Crippen LogP contribution in [0.1, 0.15) is 24.9 Å². The average molecular weight is 322 g/mol. The first kappa shape index (κ1) is 13.7. The molecule has 0 saturated heterocycles. The Labute approximate surface area is 121 Å². The zero-order valence-corrected chi connectivity index (χ0v) is 12.2. The minimum absolute atomic E-state index is 0.0158. The summed E-state index contributed by atoms with van der Waals surface area (Å²) >= 11 is 3.42. The van der Waals surface area contributed by atoms with Crippen molar-refractivity contribution in [2.24, 2.45) is 0 Å². The molecule has 19 heavy (non-hydrogen) atoms. The predicted molar refractivity (Wildman–Crippen MR) is 80.6 cm³/mol. The molecule has 0 aromatic heterocycles. The topological polar surface area (TPSA) is 52.5 Å². The molecule has 2 aromatic carbocycles. The van der Waals surface area contributed by atoms with Crippen molar-refractivity contribution in [1.82, 2.24) is 0 Å². The molecule has 0 radical (unpaired) electrons. The summed E-state index contributed by atoms with van der Waals surface area (Å²) in [5.74, 6) is 0.519. The van der Waals surface area contributed by atoms with E-state index in [9.17, 15) is 10.2 Å². The molecular weight excluding hydrogens is 306 g/mol. The van der Waals surface area contributed by atoms with Crippen molar-refractivity contribution in [3.63, 3.8) is 0 Å². The Morgan fingerprint density at radius 2 is 1.79 bits per heavy atom. The molecule has 4 heteroatoms. The molecule has 2 rings (SSSR count). The Hall–Kier alpha value is -1.68. The summed E-state index contributed by atoms with van der Waals surface area (Å²) in [4.78, 5) is 0. The number of phenols is 2. The summed E-state index contributed by atoms with van der Waals surface area (Å²) < 4.78 is 0.936. The van der Waals surface area contributed by atoms with Gasteiger partial charge in [0.05, 0.1) is 6.04 Å². The Morgan fingerprint density at radius 1 is 1.11 bits per heavy atom. The van der Waals surface area contributed by atoms with Gasteiger partial charge >= 0.3 is 0 Å². The molecule has 0 bridgehead atoms. The number of halogens is 1. The van der Waals surface area contributed by atoms with Crippen molar-refractivity contribution in [3.05, 3.63) is 52.5 Å². The van der Waals surface area contributed by atoms with Crippen molar-refractivity contribution in [3.8, 4) is 11.5 Å². The van der Waals surface area contributed by atoms with Crippen molar-refractivity contribution >= 4 is 21.6 Å². The van der Waals surface area contributed by atoms with Crippen LogP contribution in [-0.4, -0.2) is 10.2 Å². The first-order valence-corrected chi connectivity index (χ1v) is 6.93. The fraction of sp³-hybridized carbons (Fsp3) is 0.200. The van der Waals surface area contributed by atoms with E-state index in [1.165, 1.54) is 0 Å². The van der Waals surface area contributed by atoms with Crippen LogP contribution >= 0.6 is 15.9 Å². The number of aromatic hydroxyl groups is 2. The maximum Gasteiger partial charge on any atom is 0.120 e. The smallest absolute Gasteiger partial charge is 0.120 e. The van der Waals surface area contributed by atoms with E-state index in [-0.39, 0.29) is 17.5 Å². The molecule has 0 fully saturated rings. The van der Waals surface area contributed by atoms with E-state index in [1.54, 1.807) is 18.2 Å². The van der Waals surface area contributed by atoms with Crippen LogP contribution in [0.5, 0.6) is 11.5 Å². The lowest BCUT2D eigenvalue weighted by Gasteiger charge is -2.20. The average Bonchev–Trinajstić information content (AvgIpc) is 2.41. The van der Waals surface area contributed by atoms with Crippen LogP contribution in [0.4, 0.5) is 5.69 Å². The summed E-state index contributed by atoms with van der Waals surface area (Å²) in [6.45, 7) is 2.05. The molecule has 0 aliphatic heterocycles. The van der Waals surface area contributed by atoms with E-state index in [0.717, 1.165) is 22.1 Å². The van der Waals surface area contributed by atoms with E-state index >= 15 is 0 Å². The zero-order chi connectivity index (χ0) is 13.8. The van der Waals surface area contributed by atoms with E-state index in [4.69, 9.17) is 0 Å². The Kier molecular flexibility index (Phi) is 4.32. The summed E-state index contributed by atoms with van der Waals surface area (Å²) in [6, 6.07) is 12.3. The molecule has 0 aliphatic rings. The zero-order valence-electron chi connectivity index (χ0n) is 10.6. The van der Waals surface area contributed by atoms with Gasteiger partial charge in [0.25, 0.3) is 0 Å². The second kappa shape index (κ2) is 5.97. The molecule has 100 valence electrons. The standard InChI is InChI=1S/C15H16BrNO2/c1-2-14(13-9-10(16)3-8-15(13)19)17-11-4-6-12(18)7-5-11/h3-9,14,17-19H,2H2,1H3. The van der Waals surface area contributed by atoms with E-state index < -0.39 is 0 Å². The molecule has 1 atom stereocenters. The molecule has 0 heterocycles. The Bertz CT molecular complexity index is 555. The molecule has 0 spiro atoms. The van der Waals surface area contributed by atoms with Gasteiger partial charge in [-0.15, -0.1) is 0 Å². The van der Waals surface area contributed by atoms with Crippen molar-refractivity contribution in [2.45, 2.75) is 19.4 Å². The number of hydrogen-bond donors (Lipinski definition) is 3. The lowest BCUT2D eigenvalue weighted by molar-refractivity contribution is 0.462. The van der Waals surface area contributed by atoms with Crippen molar-refractivity contribution in [2.75, 3.05) is 5.32 Å². The van der Waals surface area contributed by atoms with Crippen LogP contribution in [0, 0.1) is 0 Å². The summed E-state index contributed by atoms with van der Waals surface area (Å²) in [7, 11) is 0. The molecule has 1 unspecified atom stereocenters. The largest absolute Gasteiger partial charge is 0.508 e. The van der Waals surface area contributed by atoms with Gasteiger partial charge in [0.2, 0.25) is 0 Å². The maximum atomic E-state index is 9.96. The van der Waals surface area contributed by atoms with Gasteiger partial charge in [0.1, 0.15) is 11.5 Å². The maximum absolute atomic E-state index is 9.96. The number of benzene rings is 2. The van der Waals surface area contributed by atoms with Crippen molar-refractivity contribution < 1.29 is 10.2 Å². The first-order valence-electron chi connectivity index (χ1n) is 6.14. The van der Waals surface area contributed by atoms with E-state index in [2.05, 4.69) is 28.2 Å². The van der Waals surface area contributed by atoms with Crippen LogP contribution in [0.15, 0.2) is 46.9 Å². The molecule has 0 amide bonds. The SMILES string of the molecule is CCC(Nc1ccc(O)cc1)c1cc(Br)ccc1O. The molecule has 0 saturated carbocycles. The lowest BCUT2D eigenvalue weighted by atomic mass is 10.0. The molecule has 0 aliphatic carbocycles. The van der Waals surface area contributed by atoms with Gasteiger partial charge < -0.3 is 15.5 Å². The third kappa shape index (κ3) is 3.41. The molecule has 3 nitrogen and oxygen atoms in total. The highest BCUT2D eigenvalue weighted by Crippen LogP contribution is 2.32. The highest BCUT2D eigenvalue weighted by atomic mass is 79.9. The number of hydrogen-bond acceptors (Lipinski definition) is 3. The molecular formula is C15H16BrNO2. The van der Waals surface area contributed by atoms with Crippen LogP contribution in [0.25, 0.3) is 0 Å². The fourth-order valence-corrected chi connectivity index (χ4v) is 2.34. The number of phenolic OH excluding ortho intramolecular Hbond substituents is 2. The van der Waals surface area contributed by atoms with E-state index in [0.29, 0.717) is 0 Å². The minimum atomic E-state index is 0.0158.